The van der Waals surface area contributed by atoms with Gasteiger partial charge in [-0.1, -0.05) is 0 Å². The Morgan fingerprint density at radius 2 is 2.12 bits per heavy atom. The summed E-state index contributed by atoms with van der Waals surface area (Å²) in [6, 6.07) is 1.90. The number of rotatable bonds is 2. The number of aromatic amines is 1. The lowest BCUT2D eigenvalue weighted by atomic mass is 10.1. The average molecular weight is 225 g/mol. The van der Waals surface area contributed by atoms with Crippen LogP contribution in [0.2, 0.25) is 0 Å². The van der Waals surface area contributed by atoms with Crippen molar-refractivity contribution in [3.63, 3.8) is 0 Å². The van der Waals surface area contributed by atoms with E-state index in [9.17, 15) is 8.78 Å². The van der Waals surface area contributed by atoms with E-state index in [0.717, 1.165) is 12.1 Å². The number of nitrogens with two attached hydrogens (primary N) is 1. The fourth-order valence-electron chi connectivity index (χ4n) is 1.44. The minimum Gasteiger partial charge on any atom is -0.493 e. The molecule has 1 aromatic carbocycles. The van der Waals surface area contributed by atoms with Crippen LogP contribution in [-0.2, 0) is 0 Å². The van der Waals surface area contributed by atoms with Crippen LogP contribution < -0.4 is 10.5 Å². The molecule has 1 aromatic heterocycles. The zero-order chi connectivity index (χ0) is 11.7. The molecule has 84 valence electrons. The van der Waals surface area contributed by atoms with E-state index in [4.69, 9.17) is 10.5 Å². The summed E-state index contributed by atoms with van der Waals surface area (Å²) in [7, 11) is 1.31. The lowest BCUT2D eigenvalue weighted by molar-refractivity contribution is 0.386. The zero-order valence-electron chi connectivity index (χ0n) is 8.42. The highest BCUT2D eigenvalue weighted by molar-refractivity contribution is 5.68. The minimum atomic E-state index is -0.773. The van der Waals surface area contributed by atoms with Gasteiger partial charge in [-0.25, -0.2) is 13.8 Å². The number of aromatic nitrogens is 2. The molecule has 2 aromatic rings. The number of nitrogen functional groups attached to an aromatic ring is 1. The summed E-state index contributed by atoms with van der Waals surface area (Å²) in [6.07, 6.45) is 1.38. The van der Waals surface area contributed by atoms with E-state index in [0.29, 0.717) is 5.69 Å². The van der Waals surface area contributed by atoms with Gasteiger partial charge >= 0.3 is 0 Å². The first-order valence-corrected chi connectivity index (χ1v) is 4.45. The van der Waals surface area contributed by atoms with Gasteiger partial charge in [0.25, 0.3) is 0 Å². The number of ether oxygens (including phenoxy) is 1. The van der Waals surface area contributed by atoms with E-state index in [1.165, 1.54) is 13.3 Å². The lowest BCUT2D eigenvalue weighted by Crippen LogP contribution is -1.94. The van der Waals surface area contributed by atoms with Gasteiger partial charge in [-0.15, -0.1) is 0 Å². The molecule has 0 spiro atoms. The van der Waals surface area contributed by atoms with E-state index in [1.54, 1.807) is 0 Å². The van der Waals surface area contributed by atoms with Crippen LogP contribution in [0.1, 0.15) is 0 Å². The third kappa shape index (κ3) is 1.69. The fraction of sp³-hybridized carbons (Fsp3) is 0.100. The summed E-state index contributed by atoms with van der Waals surface area (Å²) in [5, 5.41) is 0. The van der Waals surface area contributed by atoms with Crippen LogP contribution in [0.4, 0.5) is 14.7 Å². The third-order valence-corrected chi connectivity index (χ3v) is 2.10. The van der Waals surface area contributed by atoms with Gasteiger partial charge in [-0.2, -0.15) is 0 Å². The third-order valence-electron chi connectivity index (χ3n) is 2.10. The topological polar surface area (TPSA) is 63.9 Å². The summed E-state index contributed by atoms with van der Waals surface area (Å²) in [4.78, 5) is 6.42. The summed E-state index contributed by atoms with van der Waals surface area (Å²) < 4.78 is 31.3. The SMILES string of the molecule is COc1c(F)cc(F)cc1-c1cnc(N)[nH]1. The Hall–Kier alpha value is -2.11. The summed E-state index contributed by atoms with van der Waals surface area (Å²) in [5.41, 5.74) is 6.02. The molecule has 0 fully saturated rings. The van der Waals surface area contributed by atoms with Crippen LogP contribution in [-0.4, -0.2) is 17.1 Å². The van der Waals surface area contributed by atoms with Gasteiger partial charge in [-0.3, -0.25) is 0 Å². The van der Waals surface area contributed by atoms with Crippen molar-refractivity contribution < 1.29 is 13.5 Å². The molecular weight excluding hydrogens is 216 g/mol. The smallest absolute Gasteiger partial charge is 0.197 e. The number of nitrogens with one attached hydrogen (secondary N) is 1. The molecule has 0 aliphatic rings. The van der Waals surface area contributed by atoms with Crippen LogP contribution in [0, 0.1) is 11.6 Å². The number of hydrogen-bond acceptors (Lipinski definition) is 3. The van der Waals surface area contributed by atoms with Gasteiger partial charge in [0.15, 0.2) is 17.5 Å². The Labute approximate surface area is 90.1 Å². The Bertz CT molecular complexity index is 525. The predicted octanol–water partition coefficient (Wildman–Crippen LogP) is 1.95. The quantitative estimate of drug-likeness (QED) is 0.820. The molecule has 6 heteroatoms. The van der Waals surface area contributed by atoms with Gasteiger partial charge in [0.2, 0.25) is 0 Å². The largest absolute Gasteiger partial charge is 0.493 e. The molecule has 4 nitrogen and oxygen atoms in total. The van der Waals surface area contributed by atoms with Crippen molar-refractivity contribution in [2.24, 2.45) is 0 Å². The standard InChI is InChI=1S/C10H9F2N3O/c1-16-9-6(2-5(11)3-7(9)12)8-4-14-10(13)15-8/h2-4H,1H3,(H3,13,14,15). The highest BCUT2D eigenvalue weighted by atomic mass is 19.1. The Balaban J connectivity index is 2.63. The summed E-state index contributed by atoms with van der Waals surface area (Å²) >= 11 is 0. The molecular formula is C10H9F2N3O. The van der Waals surface area contributed by atoms with Crippen LogP contribution >= 0.6 is 0 Å². The molecule has 0 amide bonds. The second kappa shape index (κ2) is 3.80. The number of halogens is 2. The number of benzene rings is 1. The van der Waals surface area contributed by atoms with Crippen LogP contribution in [0.25, 0.3) is 11.3 Å². The second-order valence-electron chi connectivity index (χ2n) is 3.15. The maximum atomic E-state index is 13.4. The molecule has 0 aliphatic heterocycles. The molecule has 0 aliphatic carbocycles. The van der Waals surface area contributed by atoms with E-state index < -0.39 is 11.6 Å². The van der Waals surface area contributed by atoms with E-state index in [2.05, 4.69) is 9.97 Å². The summed E-state index contributed by atoms with van der Waals surface area (Å²) in [6.45, 7) is 0. The fourth-order valence-corrected chi connectivity index (χ4v) is 1.44. The molecule has 0 unspecified atom stereocenters. The molecule has 16 heavy (non-hydrogen) atoms. The monoisotopic (exact) mass is 225 g/mol. The Kier molecular flexibility index (Phi) is 2.47. The molecule has 0 radical (unpaired) electrons. The van der Waals surface area contributed by atoms with Gasteiger partial charge in [0, 0.05) is 11.6 Å². The lowest BCUT2D eigenvalue weighted by Gasteiger charge is -2.07. The number of nitrogens with zero attached hydrogens (tertiary/aromatic N) is 1. The zero-order valence-corrected chi connectivity index (χ0v) is 8.42. The van der Waals surface area contributed by atoms with E-state index >= 15 is 0 Å². The van der Waals surface area contributed by atoms with Crippen molar-refractivity contribution in [2.45, 2.75) is 0 Å². The predicted molar refractivity (Wildman–Crippen MR) is 54.9 cm³/mol. The van der Waals surface area contributed by atoms with Crippen molar-refractivity contribution in [1.82, 2.24) is 9.97 Å². The van der Waals surface area contributed by atoms with Crippen molar-refractivity contribution in [3.05, 3.63) is 30.0 Å². The van der Waals surface area contributed by atoms with E-state index in [1.807, 2.05) is 0 Å². The average Bonchev–Trinajstić information content (AvgIpc) is 2.63. The number of anilines is 1. The summed E-state index contributed by atoms with van der Waals surface area (Å²) in [5.74, 6) is -1.35. The first-order valence-electron chi connectivity index (χ1n) is 4.45. The molecule has 1 heterocycles. The van der Waals surface area contributed by atoms with Crippen molar-refractivity contribution in [3.8, 4) is 17.0 Å². The number of imidazole rings is 1. The van der Waals surface area contributed by atoms with E-state index in [-0.39, 0.29) is 17.3 Å². The molecule has 0 bridgehead atoms. The van der Waals surface area contributed by atoms with Crippen molar-refractivity contribution in [2.75, 3.05) is 12.8 Å². The molecule has 0 atom stereocenters. The molecule has 0 saturated carbocycles. The van der Waals surface area contributed by atoms with Crippen LogP contribution in [0.5, 0.6) is 5.75 Å². The molecule has 0 saturated heterocycles. The normalized spacial score (nSPS) is 10.4. The maximum Gasteiger partial charge on any atom is 0.197 e. The maximum absolute atomic E-state index is 13.4. The number of hydrogen-bond donors (Lipinski definition) is 2. The van der Waals surface area contributed by atoms with Gasteiger partial charge in [0.1, 0.15) is 5.82 Å². The second-order valence-corrected chi connectivity index (χ2v) is 3.15. The van der Waals surface area contributed by atoms with Crippen LogP contribution in [0.15, 0.2) is 18.3 Å². The molecule has 2 rings (SSSR count). The van der Waals surface area contributed by atoms with Gasteiger partial charge in [0.05, 0.1) is 19.0 Å². The Morgan fingerprint density at radius 1 is 1.38 bits per heavy atom. The number of H-pyrrole nitrogens is 1. The first kappa shape index (κ1) is 10.4. The van der Waals surface area contributed by atoms with Crippen LogP contribution in [0.3, 0.4) is 0 Å². The highest BCUT2D eigenvalue weighted by Crippen LogP contribution is 2.32. The first-order chi connectivity index (χ1) is 7.61. The Morgan fingerprint density at radius 3 is 2.69 bits per heavy atom. The number of methoxy groups -OCH3 is 1. The van der Waals surface area contributed by atoms with Gasteiger partial charge in [-0.05, 0) is 6.07 Å². The molecule has 3 N–H and O–H groups in total. The van der Waals surface area contributed by atoms with Gasteiger partial charge < -0.3 is 15.5 Å². The van der Waals surface area contributed by atoms with Crippen molar-refractivity contribution >= 4 is 5.95 Å². The van der Waals surface area contributed by atoms with Crippen molar-refractivity contribution in [1.29, 1.82) is 0 Å². The highest BCUT2D eigenvalue weighted by Gasteiger charge is 2.14. The minimum absolute atomic E-state index is 0.0509.